The highest BCUT2D eigenvalue weighted by Gasteiger charge is 2.39. The van der Waals surface area contributed by atoms with E-state index in [1.807, 2.05) is 0 Å². The van der Waals surface area contributed by atoms with E-state index in [9.17, 15) is 31.9 Å². The molecule has 2 amide bonds. The first-order valence-corrected chi connectivity index (χ1v) is 13.2. The molecule has 214 valence electrons. The molecule has 0 aliphatic carbocycles. The lowest BCUT2D eigenvalue weighted by atomic mass is 10.0. The summed E-state index contributed by atoms with van der Waals surface area (Å²) in [7, 11) is 0. The molecule has 11 heteroatoms. The standard InChI is InChI=1S/C31H23F4N3O4/c32-18-11-24(34)21(25(35)12-18)13-36-30(40)22-15-37-19-9-10-20-23(33)7-4-8-26(20)38(14-19)31(41)27(37)29(28(22)39)42-16-17-5-2-1-3-6-17/h1-8,11-12,15,19H,9-10,13-14,16H2,(H,36,40). The Morgan fingerprint density at radius 1 is 0.952 bits per heavy atom. The van der Waals surface area contributed by atoms with Crippen molar-refractivity contribution < 1.29 is 31.9 Å². The average molecular weight is 578 g/mol. The first-order valence-electron chi connectivity index (χ1n) is 13.2. The van der Waals surface area contributed by atoms with Gasteiger partial charge in [-0.05, 0) is 30.5 Å². The number of rotatable bonds is 6. The van der Waals surface area contributed by atoms with Gasteiger partial charge in [0.15, 0.2) is 11.4 Å². The summed E-state index contributed by atoms with van der Waals surface area (Å²) in [6.07, 6.45) is 1.91. The van der Waals surface area contributed by atoms with Crippen molar-refractivity contribution in [2.24, 2.45) is 0 Å². The number of carbonyl (C=O) groups is 2. The summed E-state index contributed by atoms with van der Waals surface area (Å²) in [5.74, 6) is -5.89. The molecule has 0 saturated heterocycles. The SMILES string of the molecule is O=C(NCc1c(F)cc(F)cc1F)c1cn2c(c(OCc3ccccc3)c1=O)C(=O)N1CC2CCc2c(F)cccc21. The zero-order valence-electron chi connectivity index (χ0n) is 22.0. The monoisotopic (exact) mass is 577 g/mol. The van der Waals surface area contributed by atoms with Crippen molar-refractivity contribution >= 4 is 17.5 Å². The van der Waals surface area contributed by atoms with Crippen LogP contribution >= 0.6 is 0 Å². The van der Waals surface area contributed by atoms with Gasteiger partial charge in [0.1, 0.15) is 35.4 Å². The summed E-state index contributed by atoms with van der Waals surface area (Å²) < 4.78 is 63.8. The Morgan fingerprint density at radius 2 is 1.69 bits per heavy atom. The molecule has 3 aromatic carbocycles. The van der Waals surface area contributed by atoms with Crippen molar-refractivity contribution in [2.45, 2.75) is 32.0 Å². The molecule has 1 N–H and O–H groups in total. The van der Waals surface area contributed by atoms with Gasteiger partial charge < -0.3 is 19.5 Å². The number of fused-ring (bicyclic) bond motifs is 6. The summed E-state index contributed by atoms with van der Waals surface area (Å²) in [4.78, 5) is 42.3. The fourth-order valence-corrected chi connectivity index (χ4v) is 5.44. The number of carbonyl (C=O) groups excluding carboxylic acids is 2. The number of benzene rings is 3. The largest absolute Gasteiger partial charge is 0.483 e. The van der Waals surface area contributed by atoms with E-state index in [2.05, 4.69) is 5.32 Å². The third-order valence-electron chi connectivity index (χ3n) is 7.54. The van der Waals surface area contributed by atoms with Gasteiger partial charge in [-0.2, -0.15) is 0 Å². The highest BCUT2D eigenvalue weighted by molar-refractivity contribution is 6.09. The maximum atomic E-state index is 14.7. The molecule has 6 rings (SSSR count). The molecule has 0 saturated carbocycles. The van der Waals surface area contributed by atoms with E-state index in [4.69, 9.17) is 4.74 Å². The third kappa shape index (κ3) is 4.80. The minimum absolute atomic E-state index is 0.0866. The minimum atomic E-state index is -1.20. The topological polar surface area (TPSA) is 80.6 Å². The number of nitrogens with one attached hydrogen (secondary N) is 1. The number of nitrogens with zero attached hydrogens (tertiary/aromatic N) is 2. The summed E-state index contributed by atoms with van der Waals surface area (Å²) in [6.45, 7) is -0.595. The Kier molecular flexibility index (Phi) is 7.01. The molecule has 1 atom stereocenters. The quantitative estimate of drug-likeness (QED) is 0.325. The van der Waals surface area contributed by atoms with E-state index in [-0.39, 0.29) is 24.6 Å². The van der Waals surface area contributed by atoms with Crippen LogP contribution in [0.3, 0.4) is 0 Å². The number of halogens is 4. The summed E-state index contributed by atoms with van der Waals surface area (Å²) >= 11 is 0. The fraction of sp³-hybridized carbons (Fsp3) is 0.194. The number of aromatic nitrogens is 1. The van der Waals surface area contributed by atoms with Crippen LogP contribution in [0, 0.1) is 23.3 Å². The fourth-order valence-electron chi connectivity index (χ4n) is 5.44. The zero-order valence-corrected chi connectivity index (χ0v) is 22.0. The summed E-state index contributed by atoms with van der Waals surface area (Å²) in [5.41, 5.74) is -0.519. The zero-order chi connectivity index (χ0) is 29.5. The van der Waals surface area contributed by atoms with E-state index in [1.54, 1.807) is 36.4 Å². The third-order valence-corrected chi connectivity index (χ3v) is 7.54. The summed E-state index contributed by atoms with van der Waals surface area (Å²) in [6, 6.07) is 13.9. The number of anilines is 1. The van der Waals surface area contributed by atoms with Crippen LogP contribution in [0.2, 0.25) is 0 Å². The number of ether oxygens (including phenoxy) is 1. The van der Waals surface area contributed by atoms with Crippen molar-refractivity contribution in [2.75, 3.05) is 11.4 Å². The second kappa shape index (κ2) is 10.8. The molecule has 0 spiro atoms. The second-order valence-electron chi connectivity index (χ2n) is 10.1. The molecular weight excluding hydrogens is 554 g/mol. The van der Waals surface area contributed by atoms with E-state index < -0.39 is 64.2 Å². The normalized spacial score (nSPS) is 15.5. The lowest BCUT2D eigenvalue weighted by Crippen LogP contribution is -2.45. The number of amides is 2. The van der Waals surface area contributed by atoms with Gasteiger partial charge in [0, 0.05) is 42.5 Å². The molecular formula is C31H23F4N3O4. The maximum absolute atomic E-state index is 14.7. The Hall–Kier alpha value is -4.93. The first-order chi connectivity index (χ1) is 20.2. The molecule has 2 aliphatic rings. The lowest BCUT2D eigenvalue weighted by Gasteiger charge is -2.35. The van der Waals surface area contributed by atoms with Crippen LogP contribution in [0.5, 0.6) is 5.75 Å². The Bertz CT molecular complexity index is 1770. The molecule has 42 heavy (non-hydrogen) atoms. The number of hydrogen-bond donors (Lipinski definition) is 1. The highest BCUT2D eigenvalue weighted by Crippen LogP contribution is 2.38. The Balaban J connectivity index is 1.42. The van der Waals surface area contributed by atoms with Gasteiger partial charge in [0.05, 0.1) is 11.7 Å². The van der Waals surface area contributed by atoms with Gasteiger partial charge >= 0.3 is 0 Å². The van der Waals surface area contributed by atoms with Crippen molar-refractivity contribution in [1.29, 1.82) is 0 Å². The highest BCUT2D eigenvalue weighted by atomic mass is 19.1. The predicted octanol–water partition coefficient (Wildman–Crippen LogP) is 5.06. The predicted molar refractivity (Wildman–Crippen MR) is 144 cm³/mol. The van der Waals surface area contributed by atoms with Crippen LogP contribution in [0.15, 0.2) is 71.7 Å². The maximum Gasteiger partial charge on any atom is 0.279 e. The Morgan fingerprint density at radius 3 is 2.43 bits per heavy atom. The van der Waals surface area contributed by atoms with E-state index in [1.165, 1.54) is 27.8 Å². The minimum Gasteiger partial charge on any atom is -0.483 e. The number of pyridine rings is 1. The number of hydrogen-bond acceptors (Lipinski definition) is 4. The van der Waals surface area contributed by atoms with E-state index >= 15 is 0 Å². The van der Waals surface area contributed by atoms with E-state index in [0.717, 1.165) is 0 Å². The van der Waals surface area contributed by atoms with Crippen molar-refractivity contribution in [3.8, 4) is 5.75 Å². The lowest BCUT2D eigenvalue weighted by molar-refractivity contribution is 0.0927. The molecule has 0 fully saturated rings. The molecule has 4 aromatic rings. The van der Waals surface area contributed by atoms with Gasteiger partial charge in [0.25, 0.3) is 11.8 Å². The van der Waals surface area contributed by atoms with Crippen LogP contribution in [-0.4, -0.2) is 22.9 Å². The Labute approximate surface area is 237 Å². The van der Waals surface area contributed by atoms with Crippen LogP contribution < -0.4 is 20.4 Å². The molecule has 1 aromatic heterocycles. The average Bonchev–Trinajstić information content (AvgIpc) is 3.14. The van der Waals surface area contributed by atoms with Gasteiger partial charge in [-0.25, -0.2) is 17.6 Å². The van der Waals surface area contributed by atoms with Crippen molar-refractivity contribution in [3.63, 3.8) is 0 Å². The van der Waals surface area contributed by atoms with Crippen molar-refractivity contribution in [3.05, 3.63) is 128 Å². The molecule has 7 nitrogen and oxygen atoms in total. The van der Waals surface area contributed by atoms with Crippen molar-refractivity contribution in [1.82, 2.24) is 9.88 Å². The summed E-state index contributed by atoms with van der Waals surface area (Å²) in [5, 5.41) is 2.31. The molecule has 2 aliphatic heterocycles. The van der Waals surface area contributed by atoms with Crippen LogP contribution in [-0.2, 0) is 19.6 Å². The second-order valence-corrected chi connectivity index (χ2v) is 10.1. The van der Waals surface area contributed by atoms with Gasteiger partial charge in [0.2, 0.25) is 5.43 Å². The molecule has 0 radical (unpaired) electrons. The smallest absolute Gasteiger partial charge is 0.279 e. The molecule has 2 bridgehead atoms. The van der Waals surface area contributed by atoms with Crippen LogP contribution in [0.1, 0.15) is 50.0 Å². The van der Waals surface area contributed by atoms with Gasteiger partial charge in [-0.3, -0.25) is 14.4 Å². The van der Waals surface area contributed by atoms with E-state index in [0.29, 0.717) is 41.8 Å². The molecule has 1 unspecified atom stereocenters. The first kappa shape index (κ1) is 27.3. The van der Waals surface area contributed by atoms with Gasteiger partial charge in [-0.15, -0.1) is 0 Å². The molecule has 3 heterocycles. The van der Waals surface area contributed by atoms with Crippen LogP contribution in [0.4, 0.5) is 23.2 Å². The van der Waals surface area contributed by atoms with Gasteiger partial charge in [-0.1, -0.05) is 36.4 Å². The van der Waals surface area contributed by atoms with Crippen LogP contribution in [0.25, 0.3) is 0 Å².